The summed E-state index contributed by atoms with van der Waals surface area (Å²) in [5.41, 5.74) is 4.41. The van der Waals surface area contributed by atoms with Gasteiger partial charge < -0.3 is 30.0 Å². The third-order valence-corrected chi connectivity index (χ3v) is 11.4. The number of H-pyrrole nitrogens is 1. The minimum Gasteiger partial charge on any atom is -0.453 e. The highest BCUT2D eigenvalue weighted by atomic mass is 16.6. The number of hydrogen-bond acceptors (Lipinski definition) is 8. The van der Waals surface area contributed by atoms with Crippen LogP contribution in [0.25, 0.3) is 33.2 Å². The normalized spacial score (nSPS) is 18.2. The molecule has 0 radical (unpaired) electrons. The Morgan fingerprint density at radius 1 is 0.869 bits per heavy atom. The summed E-state index contributed by atoms with van der Waals surface area (Å²) in [4.78, 5) is 77.0. The molecule has 61 heavy (non-hydrogen) atoms. The number of methoxy groups -OCH3 is 1. The maximum atomic E-state index is 13.6. The van der Waals surface area contributed by atoms with E-state index in [0.717, 1.165) is 51.6 Å². The summed E-state index contributed by atoms with van der Waals surface area (Å²) in [7, 11) is 1.28. The molecule has 13 nitrogen and oxygen atoms in total. The Bertz CT molecular complexity index is 2400. The number of aromatic nitrogens is 2. The van der Waals surface area contributed by atoms with Crippen LogP contribution in [0, 0.1) is 5.92 Å². The smallest absolute Gasteiger partial charge is 0.410 e. The first-order valence-corrected chi connectivity index (χ1v) is 20.9. The zero-order chi connectivity index (χ0) is 43.4. The number of carbonyl (C=O) groups is 5. The van der Waals surface area contributed by atoms with Crippen molar-refractivity contribution in [1.29, 1.82) is 0 Å². The van der Waals surface area contributed by atoms with Crippen LogP contribution in [0.2, 0.25) is 0 Å². The Morgan fingerprint density at radius 3 is 2.21 bits per heavy atom. The molecule has 2 aliphatic heterocycles. The fourth-order valence-corrected chi connectivity index (χ4v) is 8.24. The lowest BCUT2D eigenvalue weighted by molar-refractivity contribution is -0.135. The number of ketones is 1. The second-order valence-corrected chi connectivity index (χ2v) is 17.2. The highest BCUT2D eigenvalue weighted by Gasteiger charge is 2.42. The minimum atomic E-state index is -0.766. The quantitative estimate of drug-likeness (QED) is 0.113. The van der Waals surface area contributed by atoms with E-state index in [0.29, 0.717) is 30.9 Å². The average molecular weight is 827 g/mol. The van der Waals surface area contributed by atoms with Crippen LogP contribution in [0.4, 0.5) is 9.59 Å². The Labute approximate surface area is 356 Å². The van der Waals surface area contributed by atoms with Crippen molar-refractivity contribution in [1.82, 2.24) is 30.4 Å². The van der Waals surface area contributed by atoms with Gasteiger partial charge in [-0.25, -0.2) is 14.6 Å². The van der Waals surface area contributed by atoms with Crippen molar-refractivity contribution in [3.63, 3.8) is 0 Å². The molecular weight excluding hydrogens is 773 g/mol. The topological polar surface area (TPSA) is 163 Å². The maximum absolute atomic E-state index is 13.6. The van der Waals surface area contributed by atoms with E-state index in [-0.39, 0.29) is 42.0 Å². The van der Waals surface area contributed by atoms with Crippen LogP contribution in [0.1, 0.15) is 87.6 Å². The van der Waals surface area contributed by atoms with Crippen LogP contribution < -0.4 is 10.6 Å². The molecule has 3 heterocycles. The summed E-state index contributed by atoms with van der Waals surface area (Å²) in [6, 6.07) is 27.8. The van der Waals surface area contributed by atoms with Crippen molar-refractivity contribution in [2.45, 2.75) is 83.5 Å². The van der Waals surface area contributed by atoms with Gasteiger partial charge in [0, 0.05) is 36.3 Å². The fourth-order valence-electron chi connectivity index (χ4n) is 8.24. The molecule has 2 saturated heterocycles. The number of hydrogen-bond donors (Lipinski definition) is 3. The number of aromatic amines is 1. The van der Waals surface area contributed by atoms with E-state index in [2.05, 4.69) is 39.9 Å². The number of benzene rings is 4. The molecule has 3 N–H and O–H groups in total. The van der Waals surface area contributed by atoms with Gasteiger partial charge in [-0.2, -0.15) is 0 Å². The summed E-state index contributed by atoms with van der Waals surface area (Å²) >= 11 is 0. The first-order valence-electron chi connectivity index (χ1n) is 20.9. The zero-order valence-electron chi connectivity index (χ0n) is 35.6. The number of Topliss-reactive ketones (excluding diaryl/α,β-unsaturated/α-hetero) is 1. The zero-order valence-corrected chi connectivity index (χ0v) is 35.6. The van der Waals surface area contributed by atoms with Gasteiger partial charge in [-0.15, -0.1) is 0 Å². The number of likely N-dealkylation sites (tertiary alicyclic amines) is 2. The van der Waals surface area contributed by atoms with Gasteiger partial charge in [0.1, 0.15) is 23.5 Å². The summed E-state index contributed by atoms with van der Waals surface area (Å²) in [5.74, 6) is -0.232. The van der Waals surface area contributed by atoms with Crippen LogP contribution in [-0.4, -0.2) is 94.0 Å². The number of carbonyl (C=O) groups excluding carboxylic acids is 5. The van der Waals surface area contributed by atoms with Gasteiger partial charge in [0.15, 0.2) is 5.78 Å². The molecule has 4 atom stereocenters. The molecule has 0 aliphatic carbocycles. The standard InChI is InChI=1S/C48H54N6O7/c1-29(2)42(52-46(58)60-6)45(57)53-22-10-13-39(53)43-49-26-38(51-43)36-21-20-34-23-33(18-19-35(34)24-36)31-14-16-32(17-15-31)41(55)27-50-44(56)40-25-37(30-11-8-7-9-12-30)28-54(40)47(59)61-48(3,4)5/h7-9,11-12,14-21,23-24,26,29,37,39-40,42H,10,13,22,25,27-28H2,1-6H3,(H,49,51)(H,50,56)(H,52,58). The third-order valence-electron chi connectivity index (χ3n) is 11.4. The number of alkyl carbamates (subject to hydrolysis) is 1. The Kier molecular flexibility index (Phi) is 12.6. The molecule has 4 aromatic carbocycles. The van der Waals surface area contributed by atoms with Gasteiger partial charge in [-0.3, -0.25) is 19.3 Å². The Balaban J connectivity index is 0.982. The van der Waals surface area contributed by atoms with Crippen molar-refractivity contribution in [3.8, 4) is 22.4 Å². The van der Waals surface area contributed by atoms with Gasteiger partial charge in [0.2, 0.25) is 11.8 Å². The van der Waals surface area contributed by atoms with Crippen LogP contribution in [0.5, 0.6) is 0 Å². The highest BCUT2D eigenvalue weighted by Crippen LogP contribution is 2.35. The molecule has 5 aromatic rings. The number of nitrogens with zero attached hydrogens (tertiary/aromatic N) is 3. The Morgan fingerprint density at radius 2 is 1.54 bits per heavy atom. The summed E-state index contributed by atoms with van der Waals surface area (Å²) in [6.07, 6.45) is 2.70. The van der Waals surface area contributed by atoms with Gasteiger partial charge in [0.25, 0.3) is 0 Å². The number of imidazole rings is 1. The maximum Gasteiger partial charge on any atom is 0.410 e. The molecule has 0 saturated carbocycles. The van der Waals surface area contributed by atoms with Gasteiger partial charge in [0.05, 0.1) is 25.4 Å². The van der Waals surface area contributed by atoms with Crippen molar-refractivity contribution in [2.75, 3.05) is 26.7 Å². The van der Waals surface area contributed by atoms with E-state index < -0.39 is 29.9 Å². The molecular formula is C48H54N6O7. The number of fused-ring (bicyclic) bond motifs is 1. The molecule has 0 bridgehead atoms. The largest absolute Gasteiger partial charge is 0.453 e. The summed E-state index contributed by atoms with van der Waals surface area (Å²) in [6.45, 7) is 9.88. The van der Waals surface area contributed by atoms with Gasteiger partial charge in [-0.1, -0.05) is 92.7 Å². The molecule has 0 spiro atoms. The van der Waals surface area contributed by atoms with E-state index >= 15 is 0 Å². The van der Waals surface area contributed by atoms with E-state index in [9.17, 15) is 24.0 Å². The second kappa shape index (κ2) is 18.0. The van der Waals surface area contributed by atoms with E-state index in [4.69, 9.17) is 14.5 Å². The number of amides is 4. The van der Waals surface area contributed by atoms with Crippen molar-refractivity contribution >= 4 is 40.6 Å². The highest BCUT2D eigenvalue weighted by molar-refractivity contribution is 6.00. The van der Waals surface area contributed by atoms with Crippen LogP contribution >= 0.6 is 0 Å². The van der Waals surface area contributed by atoms with Crippen LogP contribution in [0.3, 0.4) is 0 Å². The number of nitrogens with one attached hydrogen (secondary N) is 3. The van der Waals surface area contributed by atoms with Crippen molar-refractivity contribution in [3.05, 3.63) is 114 Å². The molecule has 2 aliphatic rings. The predicted octanol–water partition coefficient (Wildman–Crippen LogP) is 8.03. The minimum absolute atomic E-state index is 0.0362. The van der Waals surface area contributed by atoms with Crippen LogP contribution in [-0.2, 0) is 19.1 Å². The SMILES string of the molecule is COC(=O)NC(C(=O)N1CCCC1c1nc(-c2ccc3cc(-c4ccc(C(=O)CNC(=O)C5CC(c6ccccc6)CN5C(=O)OC(C)(C)C)cc4)ccc3c2)c[nH]1)C(C)C. The predicted molar refractivity (Wildman–Crippen MR) is 233 cm³/mol. The molecule has 4 amide bonds. The van der Waals surface area contributed by atoms with Crippen molar-refractivity contribution in [2.24, 2.45) is 5.92 Å². The fraction of sp³-hybridized carbons (Fsp3) is 0.375. The van der Waals surface area contributed by atoms with E-state index in [1.54, 1.807) is 37.8 Å². The lowest BCUT2D eigenvalue weighted by Gasteiger charge is -2.29. The number of ether oxygens (including phenoxy) is 2. The second-order valence-electron chi connectivity index (χ2n) is 17.2. The van der Waals surface area contributed by atoms with Gasteiger partial charge >= 0.3 is 12.2 Å². The first kappa shape index (κ1) is 42.6. The molecule has 7 rings (SSSR count). The molecule has 13 heteroatoms. The summed E-state index contributed by atoms with van der Waals surface area (Å²) < 4.78 is 10.4. The molecule has 2 fully saturated rings. The Hall–Kier alpha value is -6.50. The average Bonchev–Trinajstić information content (AvgIpc) is 4.04. The van der Waals surface area contributed by atoms with Gasteiger partial charge in [-0.05, 0) is 85.5 Å². The third kappa shape index (κ3) is 9.77. The van der Waals surface area contributed by atoms with E-state index in [1.807, 2.05) is 74.6 Å². The van der Waals surface area contributed by atoms with Crippen molar-refractivity contribution < 1.29 is 33.4 Å². The number of rotatable bonds is 11. The molecule has 1 aromatic heterocycles. The lowest BCUT2D eigenvalue weighted by Crippen LogP contribution is -2.51. The first-order chi connectivity index (χ1) is 29.2. The molecule has 318 valence electrons. The lowest BCUT2D eigenvalue weighted by atomic mass is 9.96. The molecule has 4 unspecified atom stereocenters. The summed E-state index contributed by atoms with van der Waals surface area (Å²) in [5, 5.41) is 7.54. The van der Waals surface area contributed by atoms with Crippen LogP contribution in [0.15, 0.2) is 97.2 Å². The monoisotopic (exact) mass is 826 g/mol. The van der Waals surface area contributed by atoms with E-state index in [1.165, 1.54) is 12.0 Å².